The van der Waals surface area contributed by atoms with Gasteiger partial charge in [-0.3, -0.25) is 4.79 Å². The van der Waals surface area contributed by atoms with Crippen LogP contribution >= 0.6 is 12.4 Å². The zero-order chi connectivity index (χ0) is 18.1. The van der Waals surface area contributed by atoms with Gasteiger partial charge in [0.1, 0.15) is 11.6 Å². The molecule has 0 aliphatic rings. The third-order valence-electron chi connectivity index (χ3n) is 4.09. The second-order valence-corrected chi connectivity index (χ2v) is 6.03. The number of ether oxygens (including phenoxy) is 1. The van der Waals surface area contributed by atoms with Crippen molar-refractivity contribution in [3.05, 3.63) is 66.0 Å². The maximum Gasteiger partial charge on any atom is 0.224 e. The molecule has 0 spiro atoms. The first-order valence-corrected chi connectivity index (χ1v) is 8.54. The first-order chi connectivity index (χ1) is 12.1. The third kappa shape index (κ3) is 7.02. The van der Waals surface area contributed by atoms with Crippen LogP contribution in [-0.4, -0.2) is 19.1 Å². The molecule has 0 aliphatic heterocycles. The molecule has 1 amide bonds. The van der Waals surface area contributed by atoms with Gasteiger partial charge in [0.15, 0.2) is 0 Å². The molecule has 4 nitrogen and oxygen atoms in total. The van der Waals surface area contributed by atoms with Crippen LogP contribution in [-0.2, 0) is 4.79 Å². The van der Waals surface area contributed by atoms with E-state index in [2.05, 4.69) is 5.32 Å². The molecular weight excluding hydrogens is 355 g/mol. The Kier molecular flexibility index (Phi) is 9.70. The highest BCUT2D eigenvalue weighted by Gasteiger charge is 2.21. The van der Waals surface area contributed by atoms with Crippen molar-refractivity contribution in [3.63, 3.8) is 0 Å². The predicted octanol–water partition coefficient (Wildman–Crippen LogP) is 3.86. The summed E-state index contributed by atoms with van der Waals surface area (Å²) < 4.78 is 18.3. The van der Waals surface area contributed by atoms with Gasteiger partial charge in [0.25, 0.3) is 0 Å². The average molecular weight is 381 g/mol. The highest BCUT2D eigenvalue weighted by molar-refractivity contribution is 5.85. The maximum atomic E-state index is 12.8. The van der Waals surface area contributed by atoms with Crippen molar-refractivity contribution in [3.8, 4) is 5.75 Å². The van der Waals surface area contributed by atoms with Crippen molar-refractivity contribution in [2.45, 2.75) is 25.8 Å². The molecule has 0 saturated carbocycles. The number of carbonyl (C=O) groups is 1. The number of nitrogens with two attached hydrogens (primary N) is 1. The largest absolute Gasteiger partial charge is 0.494 e. The molecule has 2 unspecified atom stereocenters. The zero-order valence-corrected chi connectivity index (χ0v) is 15.7. The molecule has 6 heteroatoms. The van der Waals surface area contributed by atoms with E-state index in [0.717, 1.165) is 18.4 Å². The van der Waals surface area contributed by atoms with E-state index in [1.165, 1.54) is 12.1 Å². The highest BCUT2D eigenvalue weighted by Crippen LogP contribution is 2.19. The van der Waals surface area contributed by atoms with Gasteiger partial charge in [-0.1, -0.05) is 37.3 Å². The van der Waals surface area contributed by atoms with Gasteiger partial charge in [0, 0.05) is 12.6 Å². The number of amides is 1. The fourth-order valence-corrected chi connectivity index (χ4v) is 2.45. The first kappa shape index (κ1) is 21.9. The molecule has 3 N–H and O–H groups in total. The van der Waals surface area contributed by atoms with E-state index in [1.54, 1.807) is 12.1 Å². The van der Waals surface area contributed by atoms with E-state index >= 15 is 0 Å². The van der Waals surface area contributed by atoms with Crippen molar-refractivity contribution in [2.24, 2.45) is 11.7 Å². The van der Waals surface area contributed by atoms with Gasteiger partial charge >= 0.3 is 0 Å². The second kappa shape index (κ2) is 11.5. The van der Waals surface area contributed by atoms with Crippen LogP contribution in [0.15, 0.2) is 54.6 Å². The Morgan fingerprint density at radius 1 is 1.12 bits per heavy atom. The Labute approximate surface area is 160 Å². The van der Waals surface area contributed by atoms with Crippen LogP contribution in [0.3, 0.4) is 0 Å². The Hall–Kier alpha value is -2.11. The summed E-state index contributed by atoms with van der Waals surface area (Å²) in [6, 6.07) is 15.2. The maximum absolute atomic E-state index is 12.8. The van der Waals surface area contributed by atoms with Crippen LogP contribution in [0.25, 0.3) is 0 Å². The van der Waals surface area contributed by atoms with E-state index in [1.807, 2.05) is 37.3 Å². The van der Waals surface area contributed by atoms with E-state index in [9.17, 15) is 9.18 Å². The molecular formula is C20H26ClFN2O2. The van der Waals surface area contributed by atoms with Gasteiger partial charge in [-0.15, -0.1) is 12.4 Å². The van der Waals surface area contributed by atoms with Gasteiger partial charge in [0.2, 0.25) is 5.91 Å². The van der Waals surface area contributed by atoms with Gasteiger partial charge in [-0.05, 0) is 42.7 Å². The minimum atomic E-state index is -0.317. The number of hydrogen-bond donors (Lipinski definition) is 2. The van der Waals surface area contributed by atoms with Crippen LogP contribution in [0.4, 0.5) is 4.39 Å². The van der Waals surface area contributed by atoms with E-state index in [-0.39, 0.29) is 36.1 Å². The Balaban J connectivity index is 0.00000338. The summed E-state index contributed by atoms with van der Waals surface area (Å²) >= 11 is 0. The van der Waals surface area contributed by atoms with Crippen molar-refractivity contribution in [2.75, 3.05) is 13.2 Å². The molecule has 0 aliphatic carbocycles. The molecule has 0 bridgehead atoms. The minimum Gasteiger partial charge on any atom is -0.494 e. The van der Waals surface area contributed by atoms with Gasteiger partial charge < -0.3 is 15.8 Å². The standard InChI is InChI=1S/C20H25FN2O2.ClH/c1-15(19(22)16-7-3-2-4-8-16)20(24)23-13-5-6-14-25-18-11-9-17(21)10-12-18;/h2-4,7-12,15,19H,5-6,13-14,22H2,1H3,(H,23,24);1H. The van der Waals surface area contributed by atoms with Crippen LogP contribution in [0.5, 0.6) is 5.75 Å². The Morgan fingerprint density at radius 3 is 2.42 bits per heavy atom. The molecule has 2 rings (SSSR count). The number of rotatable bonds is 9. The molecule has 0 heterocycles. The van der Waals surface area contributed by atoms with Gasteiger partial charge in [-0.2, -0.15) is 0 Å². The summed E-state index contributed by atoms with van der Waals surface area (Å²) in [6.45, 7) is 2.95. The van der Waals surface area contributed by atoms with Crippen molar-refractivity contribution < 1.29 is 13.9 Å². The molecule has 26 heavy (non-hydrogen) atoms. The summed E-state index contributed by atoms with van der Waals surface area (Å²) in [5.41, 5.74) is 7.12. The van der Waals surface area contributed by atoms with Gasteiger partial charge in [-0.25, -0.2) is 4.39 Å². The van der Waals surface area contributed by atoms with E-state index < -0.39 is 0 Å². The molecule has 0 radical (unpaired) electrons. The quantitative estimate of drug-likeness (QED) is 0.649. The van der Waals surface area contributed by atoms with Crippen molar-refractivity contribution >= 4 is 18.3 Å². The van der Waals surface area contributed by atoms with Crippen LogP contribution in [0, 0.1) is 11.7 Å². The highest BCUT2D eigenvalue weighted by atomic mass is 35.5. The molecule has 0 fully saturated rings. The molecule has 0 aromatic heterocycles. The first-order valence-electron chi connectivity index (χ1n) is 8.54. The number of hydrogen-bond acceptors (Lipinski definition) is 3. The number of carbonyl (C=O) groups excluding carboxylic acids is 1. The lowest BCUT2D eigenvalue weighted by Crippen LogP contribution is -2.36. The topological polar surface area (TPSA) is 64.3 Å². The molecule has 2 aromatic rings. The van der Waals surface area contributed by atoms with Crippen LogP contribution < -0.4 is 15.8 Å². The molecule has 2 atom stereocenters. The SMILES string of the molecule is CC(C(=O)NCCCCOc1ccc(F)cc1)C(N)c1ccccc1.Cl. The van der Waals surface area contributed by atoms with Crippen molar-refractivity contribution in [1.82, 2.24) is 5.32 Å². The van der Waals surface area contributed by atoms with E-state index in [4.69, 9.17) is 10.5 Å². The summed E-state index contributed by atoms with van der Waals surface area (Å²) in [5.74, 6) is 0.0273. The Bertz CT molecular complexity index is 653. The number of nitrogens with one attached hydrogen (secondary N) is 1. The summed E-state index contributed by atoms with van der Waals surface area (Å²) in [4.78, 5) is 12.2. The average Bonchev–Trinajstić information content (AvgIpc) is 2.65. The van der Waals surface area contributed by atoms with Crippen LogP contribution in [0.1, 0.15) is 31.4 Å². The lowest BCUT2D eigenvalue weighted by Gasteiger charge is -2.19. The third-order valence-corrected chi connectivity index (χ3v) is 4.09. The summed E-state index contributed by atoms with van der Waals surface area (Å²) in [5, 5.41) is 2.92. The van der Waals surface area contributed by atoms with Gasteiger partial charge in [0.05, 0.1) is 12.5 Å². The fraction of sp³-hybridized carbons (Fsp3) is 0.350. The summed E-state index contributed by atoms with van der Waals surface area (Å²) in [7, 11) is 0. The van der Waals surface area contributed by atoms with Crippen LogP contribution in [0.2, 0.25) is 0 Å². The Morgan fingerprint density at radius 2 is 1.77 bits per heavy atom. The fourth-order valence-electron chi connectivity index (χ4n) is 2.45. The van der Waals surface area contributed by atoms with Crippen molar-refractivity contribution in [1.29, 1.82) is 0 Å². The minimum absolute atomic E-state index is 0. The summed E-state index contributed by atoms with van der Waals surface area (Å²) in [6.07, 6.45) is 1.61. The normalized spacial score (nSPS) is 12.6. The lowest BCUT2D eigenvalue weighted by atomic mass is 9.94. The number of halogens is 2. The smallest absolute Gasteiger partial charge is 0.224 e. The second-order valence-electron chi connectivity index (χ2n) is 6.03. The lowest BCUT2D eigenvalue weighted by molar-refractivity contribution is -0.125. The number of unbranched alkanes of at least 4 members (excludes halogenated alkanes) is 1. The molecule has 0 saturated heterocycles. The monoisotopic (exact) mass is 380 g/mol. The number of benzene rings is 2. The predicted molar refractivity (Wildman–Crippen MR) is 104 cm³/mol. The zero-order valence-electron chi connectivity index (χ0n) is 14.9. The van der Waals surface area contributed by atoms with E-state index in [0.29, 0.717) is 18.9 Å². The molecule has 2 aromatic carbocycles. The molecule has 142 valence electrons.